The van der Waals surface area contributed by atoms with Gasteiger partial charge in [0.1, 0.15) is 0 Å². The molecule has 1 aliphatic rings. The third-order valence-corrected chi connectivity index (χ3v) is 3.40. The molecule has 1 aliphatic carbocycles. The van der Waals surface area contributed by atoms with Crippen LogP contribution in [0.25, 0.3) is 0 Å². The van der Waals surface area contributed by atoms with Gasteiger partial charge in [0.2, 0.25) is 0 Å². The Morgan fingerprint density at radius 1 is 1.25 bits per heavy atom. The van der Waals surface area contributed by atoms with Crippen molar-refractivity contribution in [3.63, 3.8) is 0 Å². The molecular formula is C10H21IN+. The molecule has 0 radical (unpaired) electrons. The minimum absolute atomic E-state index is 1.03. The van der Waals surface area contributed by atoms with E-state index in [4.69, 9.17) is 0 Å². The molecule has 0 atom stereocenters. The zero-order valence-corrected chi connectivity index (χ0v) is 10.5. The van der Waals surface area contributed by atoms with Crippen LogP contribution in [0.4, 0.5) is 0 Å². The molecule has 0 amide bonds. The maximum atomic E-state index is 2.48. The van der Waals surface area contributed by atoms with Crippen LogP contribution in [0.2, 0.25) is 0 Å². The van der Waals surface area contributed by atoms with E-state index in [1.54, 1.807) is 0 Å². The summed E-state index contributed by atoms with van der Waals surface area (Å²) in [5.41, 5.74) is 0. The fraction of sp³-hybridized carbons (Fsp3) is 1.00. The quantitative estimate of drug-likeness (QED) is 0.422. The Morgan fingerprint density at radius 2 is 1.83 bits per heavy atom. The van der Waals surface area contributed by atoms with Crippen LogP contribution in [0.3, 0.4) is 0 Å². The molecule has 1 rings (SSSR count). The molecule has 2 heteroatoms. The SMILES string of the molecule is C[N+](C)(CCI)CC1CCCC1. The summed E-state index contributed by atoms with van der Waals surface area (Å²) in [5, 5.41) is 0. The monoisotopic (exact) mass is 282 g/mol. The standard InChI is InChI=1S/C10H21IN/c1-12(2,8-7-11)9-10-5-3-4-6-10/h10H,3-9H2,1-2H3/q+1. The van der Waals surface area contributed by atoms with E-state index >= 15 is 0 Å². The Labute approximate surface area is 90.2 Å². The first kappa shape index (κ1) is 10.8. The lowest BCUT2D eigenvalue weighted by molar-refractivity contribution is -0.890. The van der Waals surface area contributed by atoms with Gasteiger partial charge < -0.3 is 4.48 Å². The van der Waals surface area contributed by atoms with Crippen molar-refractivity contribution in [1.29, 1.82) is 0 Å². The summed E-state index contributed by atoms with van der Waals surface area (Å²) in [6.07, 6.45) is 5.94. The molecule has 0 aromatic rings. The highest BCUT2D eigenvalue weighted by atomic mass is 127. The van der Waals surface area contributed by atoms with E-state index in [9.17, 15) is 0 Å². The number of quaternary nitrogens is 1. The van der Waals surface area contributed by atoms with Crippen LogP contribution in [-0.4, -0.2) is 36.1 Å². The van der Waals surface area contributed by atoms with Crippen LogP contribution in [0.15, 0.2) is 0 Å². The van der Waals surface area contributed by atoms with E-state index in [0.29, 0.717) is 0 Å². The molecule has 0 saturated heterocycles. The van der Waals surface area contributed by atoms with E-state index < -0.39 is 0 Å². The summed E-state index contributed by atoms with van der Waals surface area (Å²) in [4.78, 5) is 0. The Hall–Kier alpha value is 0.690. The normalized spacial score (nSPS) is 20.2. The molecule has 0 N–H and O–H groups in total. The van der Waals surface area contributed by atoms with Crippen molar-refractivity contribution in [2.24, 2.45) is 5.92 Å². The van der Waals surface area contributed by atoms with Crippen LogP contribution in [0.5, 0.6) is 0 Å². The summed E-state index contributed by atoms with van der Waals surface area (Å²) in [6.45, 7) is 2.74. The molecule has 0 heterocycles. The second-order valence-electron chi connectivity index (χ2n) is 4.68. The lowest BCUT2D eigenvalue weighted by Gasteiger charge is -2.31. The number of rotatable bonds is 4. The number of hydrogen-bond donors (Lipinski definition) is 0. The average Bonchev–Trinajstić information content (AvgIpc) is 2.38. The number of halogens is 1. The van der Waals surface area contributed by atoms with Gasteiger partial charge in [-0.15, -0.1) is 0 Å². The molecule has 1 fully saturated rings. The zero-order valence-electron chi connectivity index (χ0n) is 8.35. The van der Waals surface area contributed by atoms with Crippen molar-refractivity contribution < 1.29 is 4.48 Å². The summed E-state index contributed by atoms with van der Waals surface area (Å²) >= 11 is 2.48. The molecule has 0 aromatic heterocycles. The molecule has 72 valence electrons. The van der Waals surface area contributed by atoms with E-state index in [2.05, 4.69) is 36.7 Å². The van der Waals surface area contributed by atoms with Gasteiger partial charge in [0.15, 0.2) is 0 Å². The van der Waals surface area contributed by atoms with Crippen molar-refractivity contribution in [1.82, 2.24) is 0 Å². The van der Waals surface area contributed by atoms with Gasteiger partial charge in [0.05, 0.1) is 27.2 Å². The first-order valence-electron chi connectivity index (χ1n) is 5.02. The molecule has 1 saturated carbocycles. The first-order chi connectivity index (χ1) is 5.64. The van der Waals surface area contributed by atoms with Gasteiger partial charge in [0.25, 0.3) is 0 Å². The predicted molar refractivity (Wildman–Crippen MR) is 62.7 cm³/mol. The topological polar surface area (TPSA) is 0 Å². The third-order valence-electron chi connectivity index (χ3n) is 2.92. The van der Waals surface area contributed by atoms with Gasteiger partial charge in [-0.05, 0) is 12.8 Å². The summed E-state index contributed by atoms with van der Waals surface area (Å²) < 4.78 is 2.52. The van der Waals surface area contributed by atoms with Crippen LogP contribution in [0.1, 0.15) is 25.7 Å². The fourth-order valence-corrected chi connectivity index (χ4v) is 3.52. The summed E-state index contributed by atoms with van der Waals surface area (Å²) in [7, 11) is 4.74. The molecule has 0 aliphatic heterocycles. The lowest BCUT2D eigenvalue weighted by atomic mass is 10.1. The average molecular weight is 282 g/mol. The van der Waals surface area contributed by atoms with E-state index in [1.165, 1.54) is 47.7 Å². The van der Waals surface area contributed by atoms with Crippen LogP contribution < -0.4 is 0 Å². The third kappa shape index (κ3) is 3.60. The van der Waals surface area contributed by atoms with Gasteiger partial charge >= 0.3 is 0 Å². The Morgan fingerprint density at radius 3 is 2.33 bits per heavy atom. The molecule has 1 nitrogen and oxygen atoms in total. The van der Waals surface area contributed by atoms with Crippen LogP contribution in [0, 0.1) is 5.92 Å². The highest BCUT2D eigenvalue weighted by Crippen LogP contribution is 2.26. The fourth-order valence-electron chi connectivity index (χ4n) is 2.21. The first-order valence-corrected chi connectivity index (χ1v) is 6.54. The van der Waals surface area contributed by atoms with Gasteiger partial charge in [-0.3, -0.25) is 0 Å². The smallest absolute Gasteiger partial charge is 0.0873 e. The second-order valence-corrected chi connectivity index (χ2v) is 5.76. The van der Waals surface area contributed by atoms with Gasteiger partial charge in [-0.1, -0.05) is 35.4 Å². The minimum atomic E-state index is 1.03. The Balaban J connectivity index is 2.27. The van der Waals surface area contributed by atoms with E-state index in [0.717, 1.165) is 5.92 Å². The largest absolute Gasteiger partial charge is 0.328 e. The van der Waals surface area contributed by atoms with Gasteiger partial charge in [-0.25, -0.2) is 0 Å². The Kier molecular flexibility index (Phi) is 4.30. The van der Waals surface area contributed by atoms with Crippen molar-refractivity contribution in [3.8, 4) is 0 Å². The molecule has 0 aromatic carbocycles. The van der Waals surface area contributed by atoms with Gasteiger partial charge in [0, 0.05) is 10.3 Å². The summed E-state index contributed by atoms with van der Waals surface area (Å²) in [6, 6.07) is 0. The van der Waals surface area contributed by atoms with Crippen molar-refractivity contribution >= 4 is 22.6 Å². The van der Waals surface area contributed by atoms with Crippen molar-refractivity contribution in [3.05, 3.63) is 0 Å². The molecule has 0 bridgehead atoms. The van der Waals surface area contributed by atoms with Crippen molar-refractivity contribution in [2.45, 2.75) is 25.7 Å². The Bertz CT molecular complexity index is 128. The molecule has 0 spiro atoms. The van der Waals surface area contributed by atoms with E-state index in [1.807, 2.05) is 0 Å². The number of alkyl halides is 1. The highest BCUT2D eigenvalue weighted by molar-refractivity contribution is 14.1. The van der Waals surface area contributed by atoms with Crippen molar-refractivity contribution in [2.75, 3.05) is 31.6 Å². The second kappa shape index (κ2) is 4.80. The van der Waals surface area contributed by atoms with Gasteiger partial charge in [-0.2, -0.15) is 0 Å². The maximum absolute atomic E-state index is 2.48. The predicted octanol–water partition coefficient (Wildman–Crippen LogP) is 2.69. The molecule has 12 heavy (non-hydrogen) atoms. The molecule has 0 unspecified atom stereocenters. The van der Waals surface area contributed by atoms with E-state index in [-0.39, 0.29) is 0 Å². The number of nitrogens with zero attached hydrogens (tertiary/aromatic N) is 1. The van der Waals surface area contributed by atoms with Crippen LogP contribution >= 0.6 is 22.6 Å². The zero-order chi connectivity index (χ0) is 9.03. The number of hydrogen-bond acceptors (Lipinski definition) is 0. The summed E-state index contributed by atoms with van der Waals surface area (Å²) in [5.74, 6) is 1.03. The highest BCUT2D eigenvalue weighted by Gasteiger charge is 2.23. The molecular weight excluding hydrogens is 261 g/mol. The maximum Gasteiger partial charge on any atom is 0.0873 e. The minimum Gasteiger partial charge on any atom is -0.328 e. The van der Waals surface area contributed by atoms with Crippen LogP contribution in [-0.2, 0) is 0 Å². The lowest BCUT2D eigenvalue weighted by Crippen LogP contribution is -2.44.